The Morgan fingerprint density at radius 2 is 1.94 bits per heavy atom. The molecule has 1 fully saturated rings. The van der Waals surface area contributed by atoms with Gasteiger partial charge in [0.05, 0.1) is 6.10 Å². The van der Waals surface area contributed by atoms with Crippen LogP contribution in [0, 0.1) is 11.8 Å². The minimum absolute atomic E-state index is 0.191. The average Bonchev–Trinajstić information content (AvgIpc) is 2.46. The second kappa shape index (κ2) is 6.04. The van der Waals surface area contributed by atoms with E-state index in [1.54, 1.807) is 0 Å². The molecule has 1 heterocycles. The number of hydrogen-bond donors (Lipinski definition) is 1. The Labute approximate surface area is 109 Å². The SMILES string of the molecule is CC#CCC(O)C1(c2ccccc2)CCOCC1. The highest BCUT2D eigenvalue weighted by molar-refractivity contribution is 5.28. The highest BCUT2D eigenvalue weighted by atomic mass is 16.5. The maximum atomic E-state index is 10.6. The van der Waals surface area contributed by atoms with Gasteiger partial charge in [0.2, 0.25) is 0 Å². The largest absolute Gasteiger partial charge is 0.391 e. The standard InChI is InChI=1S/C16H20O2/c1-2-3-9-15(17)16(10-12-18-13-11-16)14-7-5-4-6-8-14/h4-8,15,17H,9-13H2,1H3. The van der Waals surface area contributed by atoms with E-state index < -0.39 is 6.10 Å². The van der Waals surface area contributed by atoms with E-state index in [0.717, 1.165) is 12.8 Å². The first kappa shape index (κ1) is 13.1. The first-order chi connectivity index (χ1) is 8.79. The van der Waals surface area contributed by atoms with Gasteiger partial charge in [0.1, 0.15) is 0 Å². The van der Waals surface area contributed by atoms with Gasteiger partial charge in [-0.15, -0.1) is 11.8 Å². The highest BCUT2D eigenvalue weighted by Crippen LogP contribution is 2.39. The predicted octanol–water partition coefficient (Wildman–Crippen LogP) is 2.51. The third-order valence-electron chi connectivity index (χ3n) is 3.84. The third-order valence-corrected chi connectivity index (χ3v) is 3.84. The van der Waals surface area contributed by atoms with Crippen molar-refractivity contribution in [3.05, 3.63) is 35.9 Å². The minimum atomic E-state index is -0.420. The summed E-state index contributed by atoms with van der Waals surface area (Å²) in [5.74, 6) is 5.86. The summed E-state index contributed by atoms with van der Waals surface area (Å²) in [5.41, 5.74) is 1.02. The van der Waals surface area contributed by atoms with Crippen molar-refractivity contribution >= 4 is 0 Å². The molecule has 1 atom stereocenters. The lowest BCUT2D eigenvalue weighted by atomic mass is 9.69. The van der Waals surface area contributed by atoms with Crippen molar-refractivity contribution in [3.63, 3.8) is 0 Å². The lowest BCUT2D eigenvalue weighted by Gasteiger charge is -2.41. The van der Waals surface area contributed by atoms with Gasteiger partial charge in [-0.2, -0.15) is 0 Å². The number of ether oxygens (including phenoxy) is 1. The fourth-order valence-electron chi connectivity index (χ4n) is 2.71. The van der Waals surface area contributed by atoms with Gasteiger partial charge in [-0.05, 0) is 25.3 Å². The molecule has 0 radical (unpaired) electrons. The molecule has 2 rings (SSSR count). The minimum Gasteiger partial charge on any atom is -0.391 e. The summed E-state index contributed by atoms with van der Waals surface area (Å²) in [6.07, 6.45) is 1.84. The molecular formula is C16H20O2. The molecule has 2 heteroatoms. The van der Waals surface area contributed by atoms with Crippen LogP contribution in [0.5, 0.6) is 0 Å². The van der Waals surface area contributed by atoms with Gasteiger partial charge in [-0.1, -0.05) is 30.3 Å². The van der Waals surface area contributed by atoms with E-state index >= 15 is 0 Å². The van der Waals surface area contributed by atoms with Crippen molar-refractivity contribution in [3.8, 4) is 11.8 Å². The van der Waals surface area contributed by atoms with E-state index in [9.17, 15) is 5.11 Å². The molecule has 2 nitrogen and oxygen atoms in total. The van der Waals surface area contributed by atoms with Gasteiger partial charge in [0.25, 0.3) is 0 Å². The smallest absolute Gasteiger partial charge is 0.0747 e. The topological polar surface area (TPSA) is 29.5 Å². The zero-order valence-electron chi connectivity index (χ0n) is 10.9. The Balaban J connectivity index is 2.30. The van der Waals surface area contributed by atoms with E-state index in [1.165, 1.54) is 5.56 Å². The van der Waals surface area contributed by atoms with Gasteiger partial charge in [-0.25, -0.2) is 0 Å². The number of benzene rings is 1. The van der Waals surface area contributed by atoms with Crippen molar-refractivity contribution in [2.45, 2.75) is 37.7 Å². The summed E-state index contributed by atoms with van der Waals surface area (Å²) < 4.78 is 5.45. The van der Waals surface area contributed by atoms with Crippen molar-refractivity contribution in [1.29, 1.82) is 0 Å². The third kappa shape index (κ3) is 2.58. The fraction of sp³-hybridized carbons (Fsp3) is 0.500. The van der Waals surface area contributed by atoms with Crippen molar-refractivity contribution in [1.82, 2.24) is 0 Å². The van der Waals surface area contributed by atoms with Crippen LogP contribution in [0.4, 0.5) is 0 Å². The van der Waals surface area contributed by atoms with Gasteiger partial charge < -0.3 is 9.84 Å². The van der Waals surface area contributed by atoms with Crippen LogP contribution in [-0.4, -0.2) is 24.4 Å². The first-order valence-electron chi connectivity index (χ1n) is 6.50. The Morgan fingerprint density at radius 1 is 1.28 bits per heavy atom. The van der Waals surface area contributed by atoms with Gasteiger partial charge in [0, 0.05) is 25.0 Å². The molecule has 96 valence electrons. The number of aliphatic hydroxyl groups excluding tert-OH is 1. The van der Waals surface area contributed by atoms with Crippen molar-refractivity contribution < 1.29 is 9.84 Å². The summed E-state index contributed by atoms with van der Waals surface area (Å²) >= 11 is 0. The summed E-state index contributed by atoms with van der Waals surface area (Å²) in [5, 5.41) is 10.6. The maximum absolute atomic E-state index is 10.6. The predicted molar refractivity (Wildman–Crippen MR) is 72.2 cm³/mol. The lowest BCUT2D eigenvalue weighted by molar-refractivity contribution is -0.0136. The van der Waals surface area contributed by atoms with Crippen LogP contribution in [0.15, 0.2) is 30.3 Å². The zero-order chi connectivity index (χ0) is 12.8. The van der Waals surface area contributed by atoms with Crippen LogP contribution in [0.3, 0.4) is 0 Å². The summed E-state index contributed by atoms with van der Waals surface area (Å²) in [4.78, 5) is 0. The van der Waals surface area contributed by atoms with Crippen molar-refractivity contribution in [2.75, 3.05) is 13.2 Å². The Hall–Kier alpha value is -1.30. The molecule has 18 heavy (non-hydrogen) atoms. The average molecular weight is 244 g/mol. The molecule has 1 aromatic carbocycles. The zero-order valence-corrected chi connectivity index (χ0v) is 10.9. The number of rotatable bonds is 3. The van der Waals surface area contributed by atoms with E-state index in [2.05, 4.69) is 24.0 Å². The molecular weight excluding hydrogens is 224 g/mol. The van der Waals surface area contributed by atoms with Crippen molar-refractivity contribution in [2.24, 2.45) is 0 Å². The molecule has 1 aliphatic heterocycles. The molecule has 0 spiro atoms. The number of hydrogen-bond acceptors (Lipinski definition) is 2. The second-order valence-corrected chi connectivity index (χ2v) is 4.78. The van der Waals surface area contributed by atoms with Crippen LogP contribution in [0.1, 0.15) is 31.7 Å². The Kier molecular flexibility index (Phi) is 4.41. The lowest BCUT2D eigenvalue weighted by Crippen LogP contribution is -2.44. The molecule has 0 amide bonds. The molecule has 0 bridgehead atoms. The summed E-state index contributed by atoms with van der Waals surface area (Å²) in [6.45, 7) is 3.24. The van der Waals surface area contributed by atoms with Crippen LogP contribution >= 0.6 is 0 Å². The molecule has 0 saturated carbocycles. The quantitative estimate of drug-likeness (QED) is 0.828. The van der Waals surface area contributed by atoms with E-state index in [1.807, 2.05) is 25.1 Å². The fourth-order valence-corrected chi connectivity index (χ4v) is 2.71. The van der Waals surface area contributed by atoms with Gasteiger partial charge in [-0.3, -0.25) is 0 Å². The normalized spacial score (nSPS) is 19.7. The van der Waals surface area contributed by atoms with E-state index in [-0.39, 0.29) is 5.41 Å². The first-order valence-corrected chi connectivity index (χ1v) is 6.50. The molecule has 1 N–H and O–H groups in total. The molecule has 1 saturated heterocycles. The summed E-state index contributed by atoms with van der Waals surface area (Å²) in [7, 11) is 0. The monoisotopic (exact) mass is 244 g/mol. The molecule has 1 aromatic rings. The van der Waals surface area contributed by atoms with Gasteiger partial charge in [0.15, 0.2) is 0 Å². The van der Waals surface area contributed by atoms with Crippen LogP contribution in [-0.2, 0) is 10.2 Å². The van der Waals surface area contributed by atoms with Crippen LogP contribution < -0.4 is 0 Å². The van der Waals surface area contributed by atoms with Crippen LogP contribution in [0.25, 0.3) is 0 Å². The molecule has 0 aromatic heterocycles. The van der Waals surface area contributed by atoms with Crippen LogP contribution in [0.2, 0.25) is 0 Å². The summed E-state index contributed by atoms with van der Waals surface area (Å²) in [6, 6.07) is 10.3. The van der Waals surface area contributed by atoms with E-state index in [0.29, 0.717) is 19.6 Å². The molecule has 0 aliphatic carbocycles. The Morgan fingerprint density at radius 3 is 2.56 bits per heavy atom. The second-order valence-electron chi connectivity index (χ2n) is 4.78. The van der Waals surface area contributed by atoms with Gasteiger partial charge >= 0.3 is 0 Å². The molecule has 1 aliphatic rings. The molecule has 1 unspecified atom stereocenters. The van der Waals surface area contributed by atoms with E-state index in [4.69, 9.17) is 4.74 Å². The maximum Gasteiger partial charge on any atom is 0.0747 e. The Bertz CT molecular complexity index is 421. The number of aliphatic hydroxyl groups is 1. The highest BCUT2D eigenvalue weighted by Gasteiger charge is 2.40.